The second kappa shape index (κ2) is 6.56. The van der Waals surface area contributed by atoms with Gasteiger partial charge in [-0.05, 0) is 34.1 Å². The van der Waals surface area contributed by atoms with Gasteiger partial charge in [0.15, 0.2) is 0 Å². The molecule has 5 heteroatoms. The fourth-order valence-corrected chi connectivity index (χ4v) is 3.14. The smallest absolute Gasteiger partial charge is 0.252 e. The number of para-hydroxylation sites is 1. The number of amides is 1. The second-order valence-corrected chi connectivity index (χ2v) is 6.27. The highest BCUT2D eigenvalue weighted by Crippen LogP contribution is 2.25. The van der Waals surface area contributed by atoms with Gasteiger partial charge >= 0.3 is 0 Å². The zero-order valence-electron chi connectivity index (χ0n) is 12.7. The van der Waals surface area contributed by atoms with E-state index in [0.29, 0.717) is 5.56 Å². The molecule has 3 aromatic rings. The lowest BCUT2D eigenvalue weighted by Crippen LogP contribution is -2.28. The van der Waals surface area contributed by atoms with Crippen molar-refractivity contribution in [3.63, 3.8) is 0 Å². The number of aliphatic hydroxyl groups excluding tert-OH is 1. The van der Waals surface area contributed by atoms with Gasteiger partial charge in [-0.25, -0.2) is 0 Å². The first kappa shape index (κ1) is 15.8. The number of benzene rings is 2. The minimum atomic E-state index is -0.757. The summed E-state index contributed by atoms with van der Waals surface area (Å²) in [5.41, 5.74) is 2.42. The van der Waals surface area contributed by atoms with Crippen molar-refractivity contribution in [2.45, 2.75) is 6.10 Å². The van der Waals surface area contributed by atoms with Gasteiger partial charge < -0.3 is 15.0 Å². The number of rotatable bonds is 4. The molecule has 0 saturated heterocycles. The van der Waals surface area contributed by atoms with Crippen LogP contribution in [0.5, 0.6) is 0 Å². The Morgan fingerprint density at radius 2 is 1.91 bits per heavy atom. The molecule has 0 spiro atoms. The van der Waals surface area contributed by atoms with Crippen molar-refractivity contribution in [2.75, 3.05) is 6.54 Å². The Bertz CT molecular complexity index is 857. The van der Waals surface area contributed by atoms with Crippen molar-refractivity contribution >= 4 is 32.7 Å². The van der Waals surface area contributed by atoms with Crippen LogP contribution in [0.15, 0.2) is 59.2 Å². The van der Waals surface area contributed by atoms with E-state index in [-0.39, 0.29) is 12.5 Å². The van der Waals surface area contributed by atoms with Gasteiger partial charge in [-0.2, -0.15) is 0 Å². The van der Waals surface area contributed by atoms with Gasteiger partial charge in [0.1, 0.15) is 0 Å². The van der Waals surface area contributed by atoms with Crippen molar-refractivity contribution in [3.8, 4) is 0 Å². The van der Waals surface area contributed by atoms with E-state index >= 15 is 0 Å². The van der Waals surface area contributed by atoms with Crippen molar-refractivity contribution in [1.82, 2.24) is 9.88 Å². The molecule has 118 valence electrons. The first-order valence-electron chi connectivity index (χ1n) is 7.32. The van der Waals surface area contributed by atoms with Crippen LogP contribution in [0.25, 0.3) is 10.9 Å². The zero-order chi connectivity index (χ0) is 16.4. The predicted octanol–water partition coefficient (Wildman–Crippen LogP) is 3.40. The van der Waals surface area contributed by atoms with Gasteiger partial charge in [0, 0.05) is 40.7 Å². The highest BCUT2D eigenvalue weighted by atomic mass is 79.9. The highest BCUT2D eigenvalue weighted by Gasteiger charge is 2.16. The van der Waals surface area contributed by atoms with Gasteiger partial charge in [-0.3, -0.25) is 4.79 Å². The minimum absolute atomic E-state index is 0.161. The van der Waals surface area contributed by atoms with Gasteiger partial charge in [0.25, 0.3) is 5.91 Å². The van der Waals surface area contributed by atoms with Gasteiger partial charge in [-0.1, -0.05) is 30.3 Å². The number of halogens is 1. The Labute approximate surface area is 142 Å². The molecule has 0 bridgehead atoms. The molecule has 3 rings (SSSR count). The third-order valence-electron chi connectivity index (χ3n) is 3.86. The predicted molar refractivity (Wildman–Crippen MR) is 94.4 cm³/mol. The van der Waals surface area contributed by atoms with Crippen LogP contribution in [-0.2, 0) is 7.05 Å². The Balaban J connectivity index is 1.75. The van der Waals surface area contributed by atoms with Crippen molar-refractivity contribution < 1.29 is 9.90 Å². The Morgan fingerprint density at radius 1 is 1.22 bits per heavy atom. The summed E-state index contributed by atoms with van der Waals surface area (Å²) in [6, 6.07) is 15.1. The maximum atomic E-state index is 12.2. The number of aryl methyl sites for hydroxylation is 1. The van der Waals surface area contributed by atoms with Crippen LogP contribution >= 0.6 is 15.9 Å². The third-order valence-corrected chi connectivity index (χ3v) is 4.55. The number of aliphatic hydroxyl groups is 1. The molecule has 0 aliphatic carbocycles. The Hall–Kier alpha value is -2.11. The minimum Gasteiger partial charge on any atom is -0.386 e. The summed E-state index contributed by atoms with van der Waals surface area (Å²) in [4.78, 5) is 12.2. The van der Waals surface area contributed by atoms with Gasteiger partial charge in [-0.15, -0.1) is 0 Å². The topological polar surface area (TPSA) is 54.3 Å². The average Bonchev–Trinajstić information content (AvgIpc) is 2.90. The van der Waals surface area contributed by atoms with E-state index in [0.717, 1.165) is 20.9 Å². The Kier molecular flexibility index (Phi) is 4.50. The van der Waals surface area contributed by atoms with Crippen LogP contribution in [0.4, 0.5) is 0 Å². The number of nitrogens with one attached hydrogen (secondary N) is 1. The lowest BCUT2D eigenvalue weighted by molar-refractivity contribution is 0.0916. The lowest BCUT2D eigenvalue weighted by atomic mass is 10.1. The molecule has 2 N–H and O–H groups in total. The van der Waals surface area contributed by atoms with Crippen LogP contribution in [0, 0.1) is 0 Å². The average molecular weight is 373 g/mol. The number of fused-ring (bicyclic) bond motifs is 1. The lowest BCUT2D eigenvalue weighted by Gasteiger charge is -2.12. The first-order valence-corrected chi connectivity index (χ1v) is 8.12. The van der Waals surface area contributed by atoms with E-state index in [2.05, 4.69) is 21.2 Å². The molecule has 4 nitrogen and oxygen atoms in total. The van der Waals surface area contributed by atoms with Crippen molar-refractivity contribution in [1.29, 1.82) is 0 Å². The molecule has 0 fully saturated rings. The van der Waals surface area contributed by atoms with Gasteiger partial charge in [0.05, 0.1) is 11.7 Å². The van der Waals surface area contributed by atoms with E-state index in [1.165, 1.54) is 0 Å². The van der Waals surface area contributed by atoms with E-state index in [4.69, 9.17) is 0 Å². The number of carbonyl (C=O) groups excluding carboxylic acids is 1. The van der Waals surface area contributed by atoms with Gasteiger partial charge in [0.2, 0.25) is 0 Å². The monoisotopic (exact) mass is 372 g/mol. The van der Waals surface area contributed by atoms with Crippen LogP contribution in [0.1, 0.15) is 22.0 Å². The number of nitrogens with zero attached hydrogens (tertiary/aromatic N) is 1. The maximum Gasteiger partial charge on any atom is 0.252 e. The number of carbonyl (C=O) groups is 1. The summed E-state index contributed by atoms with van der Waals surface area (Å²) < 4.78 is 2.71. The molecule has 1 amide bonds. The quantitative estimate of drug-likeness (QED) is 0.737. The van der Waals surface area contributed by atoms with Crippen molar-refractivity contribution in [2.24, 2.45) is 7.05 Å². The molecule has 1 aromatic heterocycles. The molecular formula is C18H17BrN2O2. The molecule has 0 aliphatic heterocycles. The van der Waals surface area contributed by atoms with Crippen LogP contribution < -0.4 is 5.32 Å². The van der Waals surface area contributed by atoms with E-state index in [1.807, 2.05) is 54.2 Å². The zero-order valence-corrected chi connectivity index (χ0v) is 14.2. The summed E-state index contributed by atoms with van der Waals surface area (Å²) in [5.74, 6) is -0.211. The Morgan fingerprint density at radius 3 is 2.70 bits per heavy atom. The molecule has 1 atom stereocenters. The SMILES string of the molecule is Cn1cc([C@@H](O)CNC(=O)c2ccccc2Br)c2ccccc21. The van der Waals surface area contributed by atoms with Crippen LogP contribution in [-0.4, -0.2) is 22.1 Å². The normalized spacial score (nSPS) is 12.3. The standard InChI is InChI=1S/C18H17BrN2O2/c1-21-11-14(12-6-3-5-9-16(12)21)17(22)10-20-18(23)13-7-2-4-8-15(13)19/h2-9,11,17,22H,10H2,1H3,(H,20,23)/t17-/m0/s1. The van der Waals surface area contributed by atoms with E-state index < -0.39 is 6.10 Å². The number of aromatic nitrogens is 1. The molecule has 0 aliphatic rings. The molecule has 0 radical (unpaired) electrons. The van der Waals surface area contributed by atoms with E-state index in [9.17, 15) is 9.90 Å². The summed E-state index contributed by atoms with van der Waals surface area (Å²) in [6.45, 7) is 0.161. The summed E-state index contributed by atoms with van der Waals surface area (Å²) in [5, 5.41) is 14.2. The molecule has 2 aromatic carbocycles. The number of hydrogen-bond donors (Lipinski definition) is 2. The molecule has 0 saturated carbocycles. The molecule has 0 unspecified atom stereocenters. The fraction of sp³-hybridized carbons (Fsp3) is 0.167. The first-order chi connectivity index (χ1) is 11.1. The number of hydrogen-bond acceptors (Lipinski definition) is 2. The molecule has 1 heterocycles. The maximum absolute atomic E-state index is 12.2. The summed E-state index contributed by atoms with van der Waals surface area (Å²) in [7, 11) is 1.94. The summed E-state index contributed by atoms with van der Waals surface area (Å²) in [6.07, 6.45) is 1.15. The van der Waals surface area contributed by atoms with Crippen LogP contribution in [0.2, 0.25) is 0 Å². The van der Waals surface area contributed by atoms with Crippen LogP contribution in [0.3, 0.4) is 0 Å². The highest BCUT2D eigenvalue weighted by molar-refractivity contribution is 9.10. The summed E-state index contributed by atoms with van der Waals surface area (Å²) >= 11 is 3.36. The largest absolute Gasteiger partial charge is 0.386 e. The van der Waals surface area contributed by atoms with Crippen molar-refractivity contribution in [3.05, 3.63) is 70.3 Å². The van der Waals surface area contributed by atoms with E-state index in [1.54, 1.807) is 12.1 Å². The second-order valence-electron chi connectivity index (χ2n) is 5.42. The third kappa shape index (κ3) is 3.16. The fourth-order valence-electron chi connectivity index (χ4n) is 2.68. The molecular weight excluding hydrogens is 356 g/mol. The molecule has 23 heavy (non-hydrogen) atoms.